The van der Waals surface area contributed by atoms with Crippen LogP contribution in [0.5, 0.6) is 0 Å². The molecule has 2 aliphatic heterocycles. The van der Waals surface area contributed by atoms with E-state index >= 15 is 0 Å². The maximum atomic E-state index is 12.7. The number of nitrogens with zero attached hydrogens (tertiary/aromatic N) is 2. The average Bonchev–Trinajstić information content (AvgIpc) is 3.65. The van der Waals surface area contributed by atoms with Crippen LogP contribution < -0.4 is 15.1 Å². The third kappa shape index (κ3) is 4.00. The number of fused-ring (bicyclic) bond motifs is 1. The molecule has 5 rings (SSSR count). The highest BCUT2D eigenvalue weighted by molar-refractivity contribution is 5.98. The van der Waals surface area contributed by atoms with Gasteiger partial charge in [0.1, 0.15) is 0 Å². The molecule has 162 valence electrons. The molecule has 0 radical (unpaired) electrons. The summed E-state index contributed by atoms with van der Waals surface area (Å²) < 4.78 is 0. The molecule has 0 spiro atoms. The van der Waals surface area contributed by atoms with E-state index in [0.29, 0.717) is 5.92 Å². The van der Waals surface area contributed by atoms with Crippen LogP contribution in [0.3, 0.4) is 0 Å². The number of anilines is 2. The van der Waals surface area contributed by atoms with Crippen LogP contribution in [0.4, 0.5) is 11.4 Å². The molecular formula is C26H31N3O2. The fourth-order valence-electron chi connectivity index (χ4n) is 5.11. The van der Waals surface area contributed by atoms with E-state index < -0.39 is 0 Å². The van der Waals surface area contributed by atoms with Gasteiger partial charge in [0, 0.05) is 26.6 Å². The second-order valence-corrected chi connectivity index (χ2v) is 8.99. The molecule has 2 aromatic rings. The molecule has 3 aliphatic rings. The van der Waals surface area contributed by atoms with E-state index in [1.807, 2.05) is 23.1 Å². The number of nitrogens with one attached hydrogen (secondary N) is 1. The summed E-state index contributed by atoms with van der Waals surface area (Å²) in [6.07, 6.45) is 5.69. The number of hydrogen-bond acceptors (Lipinski definition) is 4. The average molecular weight is 418 g/mol. The van der Waals surface area contributed by atoms with E-state index in [-0.39, 0.29) is 18.6 Å². The smallest absolute Gasteiger partial charge is 0.224 e. The van der Waals surface area contributed by atoms with Crippen molar-refractivity contribution < 1.29 is 9.90 Å². The van der Waals surface area contributed by atoms with Crippen LogP contribution in [0.2, 0.25) is 0 Å². The number of carbonyl (C=O) groups is 1. The molecule has 5 heteroatoms. The zero-order valence-corrected chi connectivity index (χ0v) is 18.2. The largest absolute Gasteiger partial charge is 0.392 e. The minimum Gasteiger partial charge on any atom is -0.392 e. The first-order valence-corrected chi connectivity index (χ1v) is 11.4. The maximum absolute atomic E-state index is 12.7. The summed E-state index contributed by atoms with van der Waals surface area (Å²) in [4.78, 5) is 17.2. The van der Waals surface area contributed by atoms with E-state index in [1.165, 1.54) is 24.0 Å². The molecular weight excluding hydrogens is 386 g/mol. The molecule has 1 fully saturated rings. The van der Waals surface area contributed by atoms with Crippen LogP contribution >= 0.6 is 0 Å². The van der Waals surface area contributed by atoms with E-state index in [9.17, 15) is 9.90 Å². The molecule has 1 amide bonds. The Balaban J connectivity index is 1.57. The number of aliphatic hydroxyl groups excluding tert-OH is 1. The van der Waals surface area contributed by atoms with E-state index in [4.69, 9.17) is 0 Å². The van der Waals surface area contributed by atoms with Crippen LogP contribution in [-0.4, -0.2) is 36.7 Å². The van der Waals surface area contributed by atoms with Gasteiger partial charge < -0.3 is 20.2 Å². The van der Waals surface area contributed by atoms with Crippen molar-refractivity contribution in [2.75, 3.05) is 29.4 Å². The minimum absolute atomic E-state index is 0.0441. The predicted molar refractivity (Wildman–Crippen MR) is 125 cm³/mol. The summed E-state index contributed by atoms with van der Waals surface area (Å²) in [6.45, 7) is 5.22. The molecule has 2 N–H and O–H groups in total. The molecule has 0 aromatic heterocycles. The van der Waals surface area contributed by atoms with Gasteiger partial charge >= 0.3 is 0 Å². The van der Waals surface area contributed by atoms with Gasteiger partial charge in [0.05, 0.1) is 24.0 Å². The highest BCUT2D eigenvalue weighted by Gasteiger charge is 2.42. The van der Waals surface area contributed by atoms with Gasteiger partial charge in [-0.3, -0.25) is 4.79 Å². The Hall–Kier alpha value is -2.63. The lowest BCUT2D eigenvalue weighted by atomic mass is 9.95. The first-order valence-electron chi connectivity index (χ1n) is 11.4. The van der Waals surface area contributed by atoms with Crippen molar-refractivity contribution in [2.24, 2.45) is 5.92 Å². The summed E-state index contributed by atoms with van der Waals surface area (Å²) in [7, 11) is 0. The molecule has 1 saturated carbocycles. The molecule has 2 aromatic carbocycles. The van der Waals surface area contributed by atoms with Crippen molar-refractivity contribution in [1.29, 1.82) is 0 Å². The van der Waals surface area contributed by atoms with Crippen LogP contribution in [0.1, 0.15) is 42.9 Å². The van der Waals surface area contributed by atoms with Gasteiger partial charge in [0.25, 0.3) is 0 Å². The van der Waals surface area contributed by atoms with Crippen molar-refractivity contribution in [3.05, 3.63) is 65.2 Å². The van der Waals surface area contributed by atoms with Crippen molar-refractivity contribution in [3.8, 4) is 0 Å². The summed E-state index contributed by atoms with van der Waals surface area (Å²) >= 11 is 0. The molecule has 0 bridgehead atoms. The van der Waals surface area contributed by atoms with Crippen LogP contribution in [0.25, 0.3) is 5.57 Å². The highest BCUT2D eigenvalue weighted by Crippen LogP contribution is 2.45. The molecule has 1 atom stereocenters. The van der Waals surface area contributed by atoms with Crippen molar-refractivity contribution >= 4 is 22.9 Å². The molecule has 31 heavy (non-hydrogen) atoms. The monoisotopic (exact) mass is 417 g/mol. The van der Waals surface area contributed by atoms with E-state index in [2.05, 4.69) is 40.6 Å². The normalized spacial score (nSPS) is 21.0. The standard InChI is InChI=1S/C26H31N3O2/c1-18(31)29-24-9-8-21(19-10-12-27-13-11-19)14-25(24)28(16-26(29)20-6-7-20)15-22-4-2-3-5-23(22)17-30/h2-5,8-10,14,20,26-27,30H,6-7,11-13,15-17H2,1H3/t26-/m1/s1. The van der Waals surface area contributed by atoms with Crippen LogP contribution in [0.15, 0.2) is 48.5 Å². The van der Waals surface area contributed by atoms with E-state index in [1.54, 1.807) is 6.92 Å². The zero-order chi connectivity index (χ0) is 21.4. The second-order valence-electron chi connectivity index (χ2n) is 8.99. The lowest BCUT2D eigenvalue weighted by Gasteiger charge is -2.44. The summed E-state index contributed by atoms with van der Waals surface area (Å²) in [5, 5.41) is 13.2. The third-order valence-corrected chi connectivity index (χ3v) is 6.90. The summed E-state index contributed by atoms with van der Waals surface area (Å²) in [5.41, 5.74) is 6.88. The van der Waals surface area contributed by atoms with Gasteiger partial charge in [-0.1, -0.05) is 36.4 Å². The topological polar surface area (TPSA) is 55.8 Å². The maximum Gasteiger partial charge on any atom is 0.224 e. The number of amides is 1. The molecule has 1 aliphatic carbocycles. The van der Waals surface area contributed by atoms with Gasteiger partial charge in [0.15, 0.2) is 0 Å². The summed E-state index contributed by atoms with van der Waals surface area (Å²) in [5.74, 6) is 0.710. The van der Waals surface area contributed by atoms with Crippen molar-refractivity contribution in [3.63, 3.8) is 0 Å². The summed E-state index contributed by atoms with van der Waals surface area (Å²) in [6, 6.07) is 14.9. The SMILES string of the molecule is CC(=O)N1c2ccc(C3=CCNCC3)cc2N(Cc2ccccc2CO)C[C@@H]1C1CC1. The van der Waals surface area contributed by atoms with Gasteiger partial charge in [-0.05, 0) is 66.1 Å². The Bertz CT molecular complexity index is 1010. The first-order chi connectivity index (χ1) is 15.2. The minimum atomic E-state index is 0.0441. The molecule has 2 heterocycles. The van der Waals surface area contributed by atoms with Gasteiger partial charge in [-0.25, -0.2) is 0 Å². The van der Waals surface area contributed by atoms with Crippen molar-refractivity contribution in [2.45, 2.75) is 45.4 Å². The number of rotatable bonds is 5. The lowest BCUT2D eigenvalue weighted by molar-refractivity contribution is -0.117. The third-order valence-electron chi connectivity index (χ3n) is 6.90. The Labute approximate surface area is 184 Å². The Morgan fingerprint density at radius 2 is 1.94 bits per heavy atom. The number of aliphatic hydroxyl groups is 1. The van der Waals surface area contributed by atoms with Gasteiger partial charge in [-0.2, -0.15) is 0 Å². The first kappa shape index (κ1) is 20.3. The van der Waals surface area contributed by atoms with Crippen LogP contribution in [-0.2, 0) is 17.9 Å². The fraction of sp³-hybridized carbons (Fsp3) is 0.423. The van der Waals surface area contributed by atoms with Gasteiger partial charge in [0.2, 0.25) is 5.91 Å². The van der Waals surface area contributed by atoms with E-state index in [0.717, 1.165) is 55.1 Å². The Morgan fingerprint density at radius 3 is 2.61 bits per heavy atom. The van der Waals surface area contributed by atoms with Crippen molar-refractivity contribution in [1.82, 2.24) is 5.32 Å². The predicted octanol–water partition coefficient (Wildman–Crippen LogP) is 3.71. The molecule has 0 unspecified atom stereocenters. The highest BCUT2D eigenvalue weighted by atomic mass is 16.3. The number of carbonyl (C=O) groups excluding carboxylic acids is 1. The van der Waals surface area contributed by atoms with Gasteiger partial charge in [-0.15, -0.1) is 0 Å². The second kappa shape index (κ2) is 8.48. The quantitative estimate of drug-likeness (QED) is 0.779. The Morgan fingerprint density at radius 1 is 1.13 bits per heavy atom. The fourth-order valence-corrected chi connectivity index (χ4v) is 5.11. The molecule has 0 saturated heterocycles. The zero-order valence-electron chi connectivity index (χ0n) is 18.2. The molecule has 5 nitrogen and oxygen atoms in total. The number of hydrogen-bond donors (Lipinski definition) is 2. The number of benzene rings is 2. The van der Waals surface area contributed by atoms with Crippen LogP contribution in [0, 0.1) is 5.92 Å². The Kier molecular flexibility index (Phi) is 5.55. The lowest BCUT2D eigenvalue weighted by Crippen LogP contribution is -2.52.